The molecule has 3 rings (SSSR count). The number of para-hydroxylation sites is 1. The van der Waals surface area contributed by atoms with Crippen LogP contribution in [0, 0.1) is 0 Å². The summed E-state index contributed by atoms with van der Waals surface area (Å²) in [6.45, 7) is 0. The van der Waals surface area contributed by atoms with Crippen molar-refractivity contribution in [2.75, 3.05) is 0 Å². The number of aromatic amines is 1. The van der Waals surface area contributed by atoms with E-state index in [1.165, 1.54) is 0 Å². The second-order valence-electron chi connectivity index (χ2n) is 2.86. The smallest absolute Gasteiger partial charge is 0.132 e. The molecule has 1 N–H and O–H groups in total. The summed E-state index contributed by atoms with van der Waals surface area (Å²) in [4.78, 5) is 3.14. The molecular weight excluding hydrogens is 164 g/mol. The third kappa shape index (κ3) is 0.823. The molecule has 0 aliphatic carbocycles. The van der Waals surface area contributed by atoms with Gasteiger partial charge in [0.25, 0.3) is 0 Å². The third-order valence-corrected chi connectivity index (χ3v) is 2.09. The topological polar surface area (TPSA) is 54.5 Å². The standard InChI is InChI=1S/C9H6N4/c1-2-4-7-6(3-1)9-8(5-10-7)11-13-12-9/h1-5,10H. The molecule has 0 fully saturated rings. The van der Waals surface area contributed by atoms with Crippen molar-refractivity contribution in [3.8, 4) is 11.4 Å². The highest BCUT2D eigenvalue weighted by Crippen LogP contribution is 2.23. The van der Waals surface area contributed by atoms with Gasteiger partial charge in [0.15, 0.2) is 0 Å². The zero-order valence-corrected chi connectivity index (χ0v) is 6.73. The molecular formula is C9H6N4. The monoisotopic (exact) mass is 170 g/mol. The first-order valence-corrected chi connectivity index (χ1v) is 4.00. The van der Waals surface area contributed by atoms with Crippen molar-refractivity contribution in [3.63, 3.8) is 0 Å². The predicted octanol–water partition coefficient (Wildman–Crippen LogP) is 1.46. The SMILES string of the molecule is c1ccc2c3nnnc-3c[nH]c2c1. The van der Waals surface area contributed by atoms with Crippen LogP contribution in [0.3, 0.4) is 0 Å². The number of nitrogens with one attached hydrogen (secondary N) is 1. The van der Waals surface area contributed by atoms with Gasteiger partial charge in [0.2, 0.25) is 0 Å². The highest BCUT2D eigenvalue weighted by atomic mass is 15.3. The van der Waals surface area contributed by atoms with Crippen LogP contribution in [-0.4, -0.2) is 20.4 Å². The van der Waals surface area contributed by atoms with Gasteiger partial charge in [0.05, 0.1) is 0 Å². The Bertz CT molecular complexity index is 528. The van der Waals surface area contributed by atoms with Crippen LogP contribution in [0.5, 0.6) is 0 Å². The normalized spacial score (nSPS) is 11.1. The summed E-state index contributed by atoms with van der Waals surface area (Å²) in [5.41, 5.74) is 2.71. The fourth-order valence-electron chi connectivity index (χ4n) is 1.46. The lowest BCUT2D eigenvalue weighted by Gasteiger charge is -2.00. The Balaban J connectivity index is 2.57. The van der Waals surface area contributed by atoms with E-state index in [9.17, 15) is 0 Å². The molecule has 0 saturated carbocycles. The number of nitrogens with zero attached hydrogens (tertiary/aromatic N) is 3. The lowest BCUT2D eigenvalue weighted by Crippen LogP contribution is -1.85. The van der Waals surface area contributed by atoms with Crippen LogP contribution in [0.4, 0.5) is 0 Å². The lowest BCUT2D eigenvalue weighted by molar-refractivity contribution is 0.953. The summed E-state index contributed by atoms with van der Waals surface area (Å²) in [5.74, 6) is 0. The summed E-state index contributed by atoms with van der Waals surface area (Å²) in [6, 6.07) is 7.97. The molecule has 0 atom stereocenters. The molecule has 4 heteroatoms. The van der Waals surface area contributed by atoms with Crippen molar-refractivity contribution in [1.29, 1.82) is 0 Å². The number of H-pyrrole nitrogens is 1. The molecule has 13 heavy (non-hydrogen) atoms. The molecule has 2 aliphatic rings. The molecule has 0 spiro atoms. The minimum absolute atomic E-state index is 0.804. The number of hydrogen-bond donors (Lipinski definition) is 1. The van der Waals surface area contributed by atoms with Gasteiger partial charge in [0, 0.05) is 17.1 Å². The first kappa shape index (κ1) is 6.54. The first-order valence-electron chi connectivity index (χ1n) is 4.00. The molecule has 4 nitrogen and oxygen atoms in total. The number of hydrogen-bond acceptors (Lipinski definition) is 3. The average molecular weight is 170 g/mol. The Morgan fingerprint density at radius 3 is 3.00 bits per heavy atom. The Morgan fingerprint density at radius 2 is 2.00 bits per heavy atom. The van der Waals surface area contributed by atoms with Gasteiger partial charge in [-0.05, 0) is 11.3 Å². The van der Waals surface area contributed by atoms with Gasteiger partial charge in [-0.3, -0.25) is 0 Å². The van der Waals surface area contributed by atoms with E-state index in [0.29, 0.717) is 0 Å². The quantitative estimate of drug-likeness (QED) is 0.555. The number of rotatable bonds is 0. The maximum absolute atomic E-state index is 3.97. The van der Waals surface area contributed by atoms with Gasteiger partial charge in [-0.25, -0.2) is 0 Å². The van der Waals surface area contributed by atoms with Gasteiger partial charge in [0.1, 0.15) is 11.4 Å². The van der Waals surface area contributed by atoms with Gasteiger partial charge in [-0.2, -0.15) is 0 Å². The van der Waals surface area contributed by atoms with E-state index in [2.05, 4.69) is 20.4 Å². The van der Waals surface area contributed by atoms with E-state index in [1.807, 2.05) is 30.5 Å². The van der Waals surface area contributed by atoms with E-state index < -0.39 is 0 Å². The van der Waals surface area contributed by atoms with Crippen LogP contribution in [-0.2, 0) is 0 Å². The molecule has 1 aromatic rings. The Morgan fingerprint density at radius 1 is 1.08 bits per heavy atom. The summed E-state index contributed by atoms with van der Waals surface area (Å²) < 4.78 is 0. The molecule has 0 amide bonds. The van der Waals surface area contributed by atoms with Crippen molar-refractivity contribution >= 4 is 10.9 Å². The molecule has 0 aromatic heterocycles. The fourth-order valence-corrected chi connectivity index (χ4v) is 1.46. The molecule has 0 radical (unpaired) electrons. The Labute approximate surface area is 74.0 Å². The van der Waals surface area contributed by atoms with Crippen LogP contribution in [0.1, 0.15) is 0 Å². The maximum atomic E-state index is 3.97. The third-order valence-electron chi connectivity index (χ3n) is 2.09. The fraction of sp³-hybridized carbons (Fsp3) is 0. The number of aromatic nitrogens is 4. The highest BCUT2D eigenvalue weighted by Gasteiger charge is 2.10. The van der Waals surface area contributed by atoms with Gasteiger partial charge >= 0.3 is 0 Å². The predicted molar refractivity (Wildman–Crippen MR) is 48.3 cm³/mol. The molecule has 2 heterocycles. The van der Waals surface area contributed by atoms with Crippen LogP contribution < -0.4 is 0 Å². The van der Waals surface area contributed by atoms with Crippen LogP contribution in [0.25, 0.3) is 22.3 Å². The molecule has 0 unspecified atom stereocenters. The van der Waals surface area contributed by atoms with Gasteiger partial charge < -0.3 is 4.98 Å². The number of fused-ring (bicyclic) bond motifs is 3. The van der Waals surface area contributed by atoms with Gasteiger partial charge in [-0.15, -0.1) is 10.2 Å². The van der Waals surface area contributed by atoms with Gasteiger partial charge in [-0.1, -0.05) is 18.2 Å². The van der Waals surface area contributed by atoms with E-state index in [4.69, 9.17) is 0 Å². The van der Waals surface area contributed by atoms with Crippen molar-refractivity contribution < 1.29 is 0 Å². The molecule has 62 valence electrons. The summed E-state index contributed by atoms with van der Waals surface area (Å²) in [6.07, 6.45) is 1.82. The average Bonchev–Trinajstić information content (AvgIpc) is 2.65. The van der Waals surface area contributed by atoms with Crippen molar-refractivity contribution in [2.24, 2.45) is 0 Å². The summed E-state index contributed by atoms with van der Waals surface area (Å²) >= 11 is 0. The Kier molecular flexibility index (Phi) is 1.14. The van der Waals surface area contributed by atoms with Crippen LogP contribution in [0.15, 0.2) is 30.5 Å². The molecule has 0 saturated heterocycles. The zero-order chi connectivity index (χ0) is 8.67. The Hall–Kier alpha value is -1.97. The minimum atomic E-state index is 0.804. The minimum Gasteiger partial charge on any atom is -0.359 e. The van der Waals surface area contributed by atoms with Crippen molar-refractivity contribution in [1.82, 2.24) is 20.4 Å². The van der Waals surface area contributed by atoms with Crippen LogP contribution >= 0.6 is 0 Å². The second-order valence-corrected chi connectivity index (χ2v) is 2.86. The van der Waals surface area contributed by atoms with E-state index in [-0.39, 0.29) is 0 Å². The first-order chi connectivity index (χ1) is 6.45. The maximum Gasteiger partial charge on any atom is 0.132 e. The largest absolute Gasteiger partial charge is 0.359 e. The van der Waals surface area contributed by atoms with E-state index >= 15 is 0 Å². The highest BCUT2D eigenvalue weighted by molar-refractivity contribution is 5.91. The molecule has 1 aromatic carbocycles. The van der Waals surface area contributed by atoms with Crippen molar-refractivity contribution in [3.05, 3.63) is 30.5 Å². The second kappa shape index (κ2) is 2.26. The van der Waals surface area contributed by atoms with Crippen LogP contribution in [0.2, 0.25) is 0 Å². The zero-order valence-electron chi connectivity index (χ0n) is 6.73. The lowest BCUT2D eigenvalue weighted by atomic mass is 10.1. The summed E-state index contributed by atoms with van der Waals surface area (Å²) in [5, 5.41) is 12.5. The number of pyridine rings is 1. The van der Waals surface area contributed by atoms with E-state index in [0.717, 1.165) is 22.3 Å². The molecule has 0 bridgehead atoms. The summed E-state index contributed by atoms with van der Waals surface area (Å²) in [7, 11) is 0. The number of benzene rings is 1. The van der Waals surface area contributed by atoms with Crippen molar-refractivity contribution in [2.45, 2.75) is 0 Å². The molecule has 2 aliphatic heterocycles. The van der Waals surface area contributed by atoms with E-state index in [1.54, 1.807) is 0 Å².